The number of benzene rings is 3. The zero-order valence-corrected chi connectivity index (χ0v) is 27.9. The van der Waals surface area contributed by atoms with Crippen LogP contribution in [-0.4, -0.2) is 48.6 Å². The third-order valence-corrected chi connectivity index (χ3v) is 9.48. The summed E-state index contributed by atoms with van der Waals surface area (Å²) in [6.45, 7) is 5.87. The first kappa shape index (κ1) is 34.6. The van der Waals surface area contributed by atoms with E-state index in [0.29, 0.717) is 6.42 Å². The van der Waals surface area contributed by atoms with Crippen LogP contribution in [0.2, 0.25) is 10.0 Å². The third-order valence-electron chi connectivity index (χ3n) is 8.95. The minimum atomic E-state index is -1.42. The molecular formula is C35H37Cl2F2N3O5. The summed E-state index contributed by atoms with van der Waals surface area (Å²) in [7, 11) is 1.34. The van der Waals surface area contributed by atoms with Crippen LogP contribution in [0.3, 0.4) is 0 Å². The second-order valence-electron chi connectivity index (χ2n) is 13.4. The summed E-state index contributed by atoms with van der Waals surface area (Å²) in [5, 5.41) is 18.7. The van der Waals surface area contributed by atoms with Crippen LogP contribution in [0.25, 0.3) is 0 Å². The average Bonchev–Trinajstić information content (AvgIpc) is 3.81. The van der Waals surface area contributed by atoms with Crippen molar-refractivity contribution in [1.29, 1.82) is 0 Å². The van der Waals surface area contributed by atoms with Gasteiger partial charge in [-0.05, 0) is 72.2 Å². The fourth-order valence-electron chi connectivity index (χ4n) is 6.69. The van der Waals surface area contributed by atoms with Gasteiger partial charge in [-0.15, -0.1) is 0 Å². The number of rotatable bonds is 10. The molecule has 2 amide bonds. The molecule has 0 unspecified atom stereocenters. The highest BCUT2D eigenvalue weighted by atomic mass is 35.5. The van der Waals surface area contributed by atoms with Crippen molar-refractivity contribution < 1.29 is 33.0 Å². The molecule has 0 spiro atoms. The fraction of sp³-hybridized carbons (Fsp3) is 0.400. The van der Waals surface area contributed by atoms with Crippen molar-refractivity contribution in [2.45, 2.75) is 63.5 Å². The van der Waals surface area contributed by atoms with Crippen LogP contribution in [0.4, 0.5) is 14.5 Å². The molecule has 0 aromatic heterocycles. The monoisotopic (exact) mass is 687 g/mol. The number of methoxy groups -OCH3 is 1. The molecule has 4 atom stereocenters. The second-order valence-corrected chi connectivity index (χ2v) is 14.3. The van der Waals surface area contributed by atoms with Gasteiger partial charge in [0.15, 0.2) is 0 Å². The second kappa shape index (κ2) is 13.4. The van der Waals surface area contributed by atoms with Gasteiger partial charge in [-0.25, -0.2) is 13.6 Å². The Labute approximate surface area is 282 Å². The summed E-state index contributed by atoms with van der Waals surface area (Å²) in [5.41, 5.74) is -1.44. The normalized spacial score (nSPS) is 22.5. The number of carboxylic acid groups (broad SMARTS) is 1. The summed E-state index contributed by atoms with van der Waals surface area (Å²) < 4.78 is 37.9. The van der Waals surface area contributed by atoms with Crippen molar-refractivity contribution in [3.8, 4) is 5.75 Å². The minimum Gasteiger partial charge on any atom is -0.495 e. The summed E-state index contributed by atoms with van der Waals surface area (Å²) in [5.74, 6) is -4.60. The lowest BCUT2D eigenvalue weighted by molar-refractivity contribution is -0.122. The first-order chi connectivity index (χ1) is 22.2. The first-order valence-corrected chi connectivity index (χ1v) is 16.1. The molecule has 12 heteroatoms. The van der Waals surface area contributed by atoms with Crippen molar-refractivity contribution in [3.05, 3.63) is 93.0 Å². The zero-order chi connectivity index (χ0) is 34.3. The van der Waals surface area contributed by atoms with Crippen LogP contribution in [0, 0.1) is 23.0 Å². The molecular weight excluding hydrogens is 651 g/mol. The topological polar surface area (TPSA) is 117 Å². The van der Waals surface area contributed by atoms with Gasteiger partial charge in [-0.2, -0.15) is 0 Å². The Morgan fingerprint density at radius 1 is 1.04 bits per heavy atom. The number of hydrogen-bond donors (Lipinski definition) is 4. The van der Waals surface area contributed by atoms with E-state index in [1.807, 2.05) is 20.8 Å². The largest absolute Gasteiger partial charge is 0.495 e. The standard InChI is InChI=1S/C35H37Cl2F2N3O5/c1-34(2,3)16-27-35(17-40-31(43)18-8-9-18,22-12-11-20(36)15-24(22)38)28(21-6-5-7-23(37)29(21)39)30(42-27)32(44)41-25-13-10-19(33(45)46)14-26(25)47-4/h5-7,10-15,18,27-28,30,42H,8-9,16-17H2,1-4H3,(H,40,43)(H,41,44)(H,45,46)/t27-,28-,30+,35-/m0/s1. The Kier molecular flexibility index (Phi) is 9.87. The Morgan fingerprint density at radius 2 is 1.77 bits per heavy atom. The van der Waals surface area contributed by atoms with Crippen molar-refractivity contribution in [3.63, 3.8) is 0 Å². The fourth-order valence-corrected chi connectivity index (χ4v) is 7.03. The molecule has 1 aliphatic carbocycles. The summed E-state index contributed by atoms with van der Waals surface area (Å²) in [6.07, 6.45) is 1.86. The molecule has 2 aliphatic rings. The quantitative estimate of drug-likeness (QED) is 0.184. The predicted molar refractivity (Wildman–Crippen MR) is 176 cm³/mol. The van der Waals surface area contributed by atoms with Crippen LogP contribution in [0.15, 0.2) is 54.6 Å². The Bertz CT molecular complexity index is 1710. The number of anilines is 1. The van der Waals surface area contributed by atoms with E-state index in [9.17, 15) is 19.5 Å². The number of carbonyl (C=O) groups is 3. The Balaban J connectivity index is 1.73. The molecule has 4 N–H and O–H groups in total. The van der Waals surface area contributed by atoms with E-state index < -0.39 is 46.9 Å². The van der Waals surface area contributed by atoms with Gasteiger partial charge in [0.1, 0.15) is 17.4 Å². The molecule has 5 rings (SSSR count). The zero-order valence-electron chi connectivity index (χ0n) is 26.4. The Hall–Kier alpha value is -3.73. The highest BCUT2D eigenvalue weighted by Gasteiger charge is 2.60. The number of ether oxygens (including phenoxy) is 1. The average molecular weight is 689 g/mol. The lowest BCUT2D eigenvalue weighted by Crippen LogP contribution is -2.53. The number of hydrogen-bond acceptors (Lipinski definition) is 5. The maximum Gasteiger partial charge on any atom is 0.335 e. The van der Waals surface area contributed by atoms with Gasteiger partial charge in [0.2, 0.25) is 11.8 Å². The molecule has 3 aromatic rings. The van der Waals surface area contributed by atoms with Gasteiger partial charge in [0.25, 0.3) is 0 Å². The van der Waals surface area contributed by atoms with Crippen LogP contribution in [-0.2, 0) is 15.0 Å². The lowest BCUT2D eigenvalue weighted by Gasteiger charge is -2.43. The van der Waals surface area contributed by atoms with E-state index in [0.717, 1.165) is 12.8 Å². The molecule has 8 nitrogen and oxygen atoms in total. The van der Waals surface area contributed by atoms with Gasteiger partial charge < -0.3 is 25.8 Å². The number of carboxylic acids is 1. The van der Waals surface area contributed by atoms with E-state index >= 15 is 8.78 Å². The number of amides is 2. The van der Waals surface area contributed by atoms with Crippen LogP contribution in [0.5, 0.6) is 5.75 Å². The van der Waals surface area contributed by atoms with Crippen LogP contribution < -0.4 is 20.7 Å². The van der Waals surface area contributed by atoms with Gasteiger partial charge in [-0.3, -0.25) is 9.59 Å². The van der Waals surface area contributed by atoms with Crippen molar-refractivity contribution >= 4 is 46.7 Å². The molecule has 3 aromatic carbocycles. The molecule has 0 radical (unpaired) electrons. The molecule has 1 saturated carbocycles. The van der Waals surface area contributed by atoms with E-state index in [-0.39, 0.29) is 62.0 Å². The van der Waals surface area contributed by atoms with Crippen molar-refractivity contribution in [2.24, 2.45) is 11.3 Å². The van der Waals surface area contributed by atoms with Gasteiger partial charge >= 0.3 is 5.97 Å². The highest BCUT2D eigenvalue weighted by Crippen LogP contribution is 2.53. The minimum absolute atomic E-state index is 0.0495. The molecule has 1 aliphatic heterocycles. The summed E-state index contributed by atoms with van der Waals surface area (Å²) in [6, 6.07) is 10.8. The molecule has 250 valence electrons. The van der Waals surface area contributed by atoms with E-state index in [2.05, 4.69) is 16.0 Å². The predicted octanol–water partition coefficient (Wildman–Crippen LogP) is 6.94. The summed E-state index contributed by atoms with van der Waals surface area (Å²) >= 11 is 12.5. The third kappa shape index (κ3) is 7.10. The van der Waals surface area contributed by atoms with Crippen LogP contribution >= 0.6 is 23.2 Å². The summed E-state index contributed by atoms with van der Waals surface area (Å²) in [4.78, 5) is 39.1. The van der Waals surface area contributed by atoms with E-state index in [1.54, 1.807) is 6.07 Å². The maximum atomic E-state index is 16.3. The lowest BCUT2D eigenvalue weighted by atomic mass is 9.61. The van der Waals surface area contributed by atoms with Crippen LogP contribution in [0.1, 0.15) is 67.4 Å². The molecule has 1 saturated heterocycles. The molecule has 47 heavy (non-hydrogen) atoms. The first-order valence-electron chi connectivity index (χ1n) is 15.3. The molecule has 1 heterocycles. The van der Waals surface area contributed by atoms with Crippen molar-refractivity contribution in [2.75, 3.05) is 19.0 Å². The maximum absolute atomic E-state index is 16.3. The van der Waals surface area contributed by atoms with E-state index in [4.69, 9.17) is 27.9 Å². The molecule has 2 fully saturated rings. The highest BCUT2D eigenvalue weighted by molar-refractivity contribution is 6.31. The number of aromatic carboxylic acids is 1. The van der Waals surface area contributed by atoms with Gasteiger partial charge in [0, 0.05) is 34.9 Å². The number of carbonyl (C=O) groups excluding carboxylic acids is 2. The van der Waals surface area contributed by atoms with Gasteiger partial charge in [-0.1, -0.05) is 62.2 Å². The van der Waals surface area contributed by atoms with Gasteiger partial charge in [0.05, 0.1) is 29.4 Å². The smallest absolute Gasteiger partial charge is 0.335 e. The van der Waals surface area contributed by atoms with Crippen molar-refractivity contribution in [1.82, 2.24) is 10.6 Å². The molecule has 0 bridgehead atoms. The number of halogens is 4. The van der Waals surface area contributed by atoms with E-state index in [1.165, 1.54) is 55.6 Å². The SMILES string of the molecule is COc1cc(C(=O)O)ccc1NC(=O)[C@@H]1N[C@@H](CC(C)(C)C)[C@](CNC(=O)C2CC2)(c2ccc(Cl)cc2F)[C@H]1c1cccc(Cl)c1F. The number of nitrogens with one attached hydrogen (secondary N) is 3. The Morgan fingerprint density at radius 3 is 2.38 bits per heavy atom.